The molecule has 0 amide bonds. The molecule has 0 bridgehead atoms. The number of anilines is 1. The van der Waals surface area contributed by atoms with Gasteiger partial charge in [-0.3, -0.25) is 0 Å². The van der Waals surface area contributed by atoms with E-state index in [0.717, 1.165) is 16.7 Å². The Bertz CT molecular complexity index is 492. The van der Waals surface area contributed by atoms with Crippen molar-refractivity contribution in [2.75, 3.05) is 18.6 Å². The van der Waals surface area contributed by atoms with Crippen molar-refractivity contribution >= 4 is 16.7 Å². The summed E-state index contributed by atoms with van der Waals surface area (Å²) in [5.74, 6) is 0.405. The van der Waals surface area contributed by atoms with Gasteiger partial charge in [0.2, 0.25) is 0 Å². The van der Waals surface area contributed by atoms with Gasteiger partial charge in [-0.2, -0.15) is 0 Å². The van der Waals surface area contributed by atoms with Crippen LogP contribution in [0.5, 0.6) is 0 Å². The Morgan fingerprint density at radius 1 is 1.41 bits per heavy atom. The van der Waals surface area contributed by atoms with Gasteiger partial charge in [-0.15, -0.1) is 0 Å². The van der Waals surface area contributed by atoms with E-state index < -0.39 is 0 Å². The van der Waals surface area contributed by atoms with Crippen LogP contribution in [0.4, 0.5) is 5.69 Å². The fourth-order valence-corrected chi connectivity index (χ4v) is 2.11. The molecule has 92 valence electrons. The van der Waals surface area contributed by atoms with Crippen LogP contribution in [0.15, 0.2) is 24.5 Å². The third kappa shape index (κ3) is 2.26. The minimum absolute atomic E-state index is 0.135. The van der Waals surface area contributed by atoms with Crippen molar-refractivity contribution in [3.05, 3.63) is 24.5 Å². The molecule has 4 heteroatoms. The fraction of sp³-hybridized carbons (Fsp3) is 0.462. The molecule has 1 unspecified atom stereocenters. The molecule has 1 heterocycles. The average Bonchev–Trinajstić information content (AvgIpc) is 2.75. The van der Waals surface area contributed by atoms with Crippen LogP contribution in [0, 0.1) is 5.92 Å². The molecule has 2 aromatic rings. The van der Waals surface area contributed by atoms with Gasteiger partial charge in [-0.1, -0.05) is 13.8 Å². The minimum atomic E-state index is 0.135. The lowest BCUT2D eigenvalue weighted by atomic mass is 10.0. The molecule has 17 heavy (non-hydrogen) atoms. The molecular weight excluding hydrogens is 214 g/mol. The predicted octanol–water partition coefficient (Wildman–Crippen LogP) is 2.02. The molecule has 0 radical (unpaired) electrons. The molecule has 1 atom stereocenters. The van der Waals surface area contributed by atoms with Crippen molar-refractivity contribution in [2.24, 2.45) is 5.92 Å². The summed E-state index contributed by atoms with van der Waals surface area (Å²) in [6, 6.07) is 6.23. The molecule has 0 aliphatic rings. The maximum absolute atomic E-state index is 9.44. The first-order chi connectivity index (χ1) is 8.13. The van der Waals surface area contributed by atoms with E-state index in [1.54, 1.807) is 6.33 Å². The standard InChI is InChI=1S/C13H19N3O/c1-9(2)13(7-17)16(3)10-4-5-11-12(6-10)15-8-14-11/h4-6,8-9,13,17H,7H2,1-3H3,(H,14,15). The van der Waals surface area contributed by atoms with Crippen LogP contribution in [0.3, 0.4) is 0 Å². The van der Waals surface area contributed by atoms with Crippen LogP contribution in [-0.2, 0) is 0 Å². The van der Waals surface area contributed by atoms with E-state index in [1.807, 2.05) is 19.2 Å². The molecule has 2 rings (SSSR count). The van der Waals surface area contributed by atoms with E-state index in [9.17, 15) is 5.11 Å². The summed E-state index contributed by atoms with van der Waals surface area (Å²) in [4.78, 5) is 9.41. The summed E-state index contributed by atoms with van der Waals surface area (Å²) in [6.45, 7) is 4.40. The topological polar surface area (TPSA) is 52.1 Å². The number of fused-ring (bicyclic) bond motifs is 1. The summed E-state index contributed by atoms with van der Waals surface area (Å²) < 4.78 is 0. The van der Waals surface area contributed by atoms with E-state index in [2.05, 4.69) is 34.8 Å². The maximum atomic E-state index is 9.44. The van der Waals surface area contributed by atoms with Crippen LogP contribution < -0.4 is 4.90 Å². The first-order valence-electron chi connectivity index (χ1n) is 5.90. The highest BCUT2D eigenvalue weighted by molar-refractivity contribution is 5.79. The summed E-state index contributed by atoms with van der Waals surface area (Å²) in [6.07, 6.45) is 1.69. The molecule has 0 aliphatic carbocycles. The first kappa shape index (κ1) is 11.9. The van der Waals surface area contributed by atoms with E-state index in [0.29, 0.717) is 5.92 Å². The number of benzene rings is 1. The highest BCUT2D eigenvalue weighted by Gasteiger charge is 2.18. The highest BCUT2D eigenvalue weighted by atomic mass is 16.3. The lowest BCUT2D eigenvalue weighted by molar-refractivity contribution is 0.234. The number of aromatic nitrogens is 2. The van der Waals surface area contributed by atoms with Gasteiger partial charge in [-0.25, -0.2) is 4.98 Å². The van der Waals surface area contributed by atoms with E-state index in [4.69, 9.17) is 0 Å². The van der Waals surface area contributed by atoms with Gasteiger partial charge in [0.1, 0.15) is 0 Å². The second kappa shape index (κ2) is 4.75. The van der Waals surface area contributed by atoms with Crippen molar-refractivity contribution in [1.82, 2.24) is 9.97 Å². The number of nitrogens with zero attached hydrogens (tertiary/aromatic N) is 2. The second-order valence-electron chi connectivity index (χ2n) is 4.71. The van der Waals surface area contributed by atoms with Crippen molar-refractivity contribution in [3.63, 3.8) is 0 Å². The number of hydrogen-bond donors (Lipinski definition) is 2. The number of rotatable bonds is 4. The van der Waals surface area contributed by atoms with Crippen LogP contribution >= 0.6 is 0 Å². The quantitative estimate of drug-likeness (QED) is 0.849. The number of H-pyrrole nitrogens is 1. The van der Waals surface area contributed by atoms with Crippen LogP contribution in [0.2, 0.25) is 0 Å². The minimum Gasteiger partial charge on any atom is -0.394 e. The smallest absolute Gasteiger partial charge is 0.0931 e. The van der Waals surface area contributed by atoms with E-state index in [1.165, 1.54) is 0 Å². The Morgan fingerprint density at radius 3 is 2.82 bits per heavy atom. The number of aliphatic hydroxyl groups is 1. The number of nitrogens with one attached hydrogen (secondary N) is 1. The van der Waals surface area contributed by atoms with Gasteiger partial charge in [0.05, 0.1) is 30.0 Å². The van der Waals surface area contributed by atoms with Crippen molar-refractivity contribution in [1.29, 1.82) is 0 Å². The number of likely N-dealkylation sites (N-methyl/N-ethyl adjacent to an activating group) is 1. The summed E-state index contributed by atoms with van der Waals surface area (Å²) in [5.41, 5.74) is 3.08. The first-order valence-corrected chi connectivity index (χ1v) is 5.90. The molecule has 0 fully saturated rings. The number of aliphatic hydroxyl groups excluding tert-OH is 1. The van der Waals surface area contributed by atoms with Crippen LogP contribution in [0.1, 0.15) is 13.8 Å². The third-order valence-corrected chi connectivity index (χ3v) is 3.27. The number of aromatic amines is 1. The molecule has 0 aliphatic heterocycles. The largest absolute Gasteiger partial charge is 0.394 e. The van der Waals surface area contributed by atoms with Gasteiger partial charge < -0.3 is 15.0 Å². The van der Waals surface area contributed by atoms with Gasteiger partial charge in [-0.05, 0) is 24.1 Å². The van der Waals surface area contributed by atoms with Gasteiger partial charge in [0, 0.05) is 12.7 Å². The normalized spacial score (nSPS) is 13.2. The van der Waals surface area contributed by atoms with Gasteiger partial charge in [0.25, 0.3) is 0 Å². The Kier molecular flexibility index (Phi) is 3.33. The Balaban J connectivity index is 2.31. The second-order valence-corrected chi connectivity index (χ2v) is 4.71. The molecular formula is C13H19N3O. The van der Waals surface area contributed by atoms with Gasteiger partial charge >= 0.3 is 0 Å². The highest BCUT2D eigenvalue weighted by Crippen LogP contribution is 2.22. The van der Waals surface area contributed by atoms with Gasteiger partial charge in [0.15, 0.2) is 0 Å². The lowest BCUT2D eigenvalue weighted by Crippen LogP contribution is -2.38. The van der Waals surface area contributed by atoms with Crippen molar-refractivity contribution in [3.8, 4) is 0 Å². The molecule has 0 spiro atoms. The maximum Gasteiger partial charge on any atom is 0.0931 e. The molecule has 0 saturated heterocycles. The summed E-state index contributed by atoms with van der Waals surface area (Å²) >= 11 is 0. The Labute approximate surface area is 101 Å². The molecule has 1 aromatic carbocycles. The Morgan fingerprint density at radius 2 is 2.18 bits per heavy atom. The van der Waals surface area contributed by atoms with Crippen LogP contribution in [-0.4, -0.2) is 34.8 Å². The molecule has 0 saturated carbocycles. The zero-order chi connectivity index (χ0) is 12.4. The SMILES string of the molecule is CC(C)C(CO)N(C)c1ccc2nc[nH]c2c1. The summed E-state index contributed by atoms with van der Waals surface area (Å²) in [5, 5.41) is 9.44. The fourth-order valence-electron chi connectivity index (χ4n) is 2.11. The lowest BCUT2D eigenvalue weighted by Gasteiger charge is -2.31. The van der Waals surface area contributed by atoms with Crippen molar-refractivity contribution in [2.45, 2.75) is 19.9 Å². The number of hydrogen-bond acceptors (Lipinski definition) is 3. The molecule has 1 aromatic heterocycles. The predicted molar refractivity (Wildman–Crippen MR) is 70.2 cm³/mol. The van der Waals surface area contributed by atoms with Crippen LogP contribution in [0.25, 0.3) is 11.0 Å². The zero-order valence-electron chi connectivity index (χ0n) is 10.5. The monoisotopic (exact) mass is 233 g/mol. The number of imidazole rings is 1. The Hall–Kier alpha value is -1.55. The molecule has 4 nitrogen and oxygen atoms in total. The van der Waals surface area contributed by atoms with E-state index in [-0.39, 0.29) is 12.6 Å². The summed E-state index contributed by atoms with van der Waals surface area (Å²) in [7, 11) is 2.01. The molecule has 2 N–H and O–H groups in total. The third-order valence-electron chi connectivity index (χ3n) is 3.27. The van der Waals surface area contributed by atoms with E-state index >= 15 is 0 Å². The average molecular weight is 233 g/mol. The van der Waals surface area contributed by atoms with Crippen molar-refractivity contribution < 1.29 is 5.11 Å². The zero-order valence-corrected chi connectivity index (χ0v) is 10.5.